The van der Waals surface area contributed by atoms with Crippen LogP contribution in [0.25, 0.3) is 32.9 Å². The van der Waals surface area contributed by atoms with E-state index in [1.807, 2.05) is 42.2 Å². The van der Waals surface area contributed by atoms with E-state index in [0.717, 1.165) is 125 Å². The lowest BCUT2D eigenvalue weighted by atomic mass is 9.61. The summed E-state index contributed by atoms with van der Waals surface area (Å²) in [7, 11) is 0. The zero-order chi connectivity index (χ0) is 49.5. The molecule has 378 valence electrons. The number of hydrogen-bond donors (Lipinski definition) is 3. The number of aromatic hydroxyl groups is 1. The van der Waals surface area contributed by atoms with Crippen LogP contribution >= 0.6 is 0 Å². The van der Waals surface area contributed by atoms with E-state index in [1.165, 1.54) is 0 Å². The van der Waals surface area contributed by atoms with Crippen LogP contribution in [0.4, 0.5) is 15.9 Å². The van der Waals surface area contributed by atoms with Gasteiger partial charge >= 0.3 is 6.01 Å². The van der Waals surface area contributed by atoms with Gasteiger partial charge in [0.1, 0.15) is 28.8 Å². The molecule has 3 aromatic carbocycles. The molecule has 3 N–H and O–H groups in total. The lowest BCUT2D eigenvalue weighted by molar-refractivity contribution is -0.137. The summed E-state index contributed by atoms with van der Waals surface area (Å²) in [5, 5.41) is 26.4. The number of fused-ring (bicyclic) bond motifs is 3. The van der Waals surface area contributed by atoms with E-state index >= 15 is 4.39 Å². The smallest absolute Gasteiger partial charge is 0.319 e. The number of aliphatic hydroxyl groups is 1. The van der Waals surface area contributed by atoms with Crippen molar-refractivity contribution < 1.29 is 38.5 Å². The summed E-state index contributed by atoms with van der Waals surface area (Å²) in [5.74, 6) is -0.886. The van der Waals surface area contributed by atoms with Crippen LogP contribution < -0.4 is 19.9 Å². The van der Waals surface area contributed by atoms with Gasteiger partial charge in [-0.3, -0.25) is 24.7 Å². The predicted molar refractivity (Wildman–Crippen MR) is 270 cm³/mol. The third kappa shape index (κ3) is 8.90. The van der Waals surface area contributed by atoms with Gasteiger partial charge in [0, 0.05) is 87.2 Å². The van der Waals surface area contributed by atoms with E-state index in [9.17, 15) is 24.6 Å². The molecule has 3 amide bonds. The third-order valence-corrected chi connectivity index (χ3v) is 17.3. The van der Waals surface area contributed by atoms with Gasteiger partial charge in [-0.15, -0.1) is 0 Å². The predicted octanol–water partition coefficient (Wildman–Crippen LogP) is 7.45. The van der Waals surface area contributed by atoms with E-state index < -0.39 is 17.5 Å². The number of nitrogens with one attached hydrogen (secondary N) is 1. The average Bonchev–Trinajstić information content (AvgIpc) is 4.05. The largest absolute Gasteiger partial charge is 0.508 e. The first-order valence-electron chi connectivity index (χ1n) is 26.4. The van der Waals surface area contributed by atoms with Gasteiger partial charge in [-0.05, 0) is 142 Å². The molecule has 16 heteroatoms. The molecule has 2 atom stereocenters. The molecule has 5 aliphatic heterocycles. The fourth-order valence-electron chi connectivity index (χ4n) is 13.0. The van der Waals surface area contributed by atoms with E-state index in [4.69, 9.17) is 19.4 Å². The molecule has 7 aliphatic rings. The summed E-state index contributed by atoms with van der Waals surface area (Å²) in [6, 6.07) is 14.7. The molecule has 1 unspecified atom stereocenters. The van der Waals surface area contributed by atoms with Gasteiger partial charge in [0.25, 0.3) is 5.91 Å². The molecule has 6 fully saturated rings. The van der Waals surface area contributed by atoms with Crippen molar-refractivity contribution in [3.63, 3.8) is 0 Å². The number of halogens is 1. The molecule has 1 spiro atoms. The van der Waals surface area contributed by atoms with Crippen molar-refractivity contribution in [2.75, 3.05) is 62.2 Å². The Balaban J connectivity index is 0.653. The maximum absolute atomic E-state index is 17.1. The molecule has 2 saturated carbocycles. The zero-order valence-electron chi connectivity index (χ0n) is 41.4. The number of anilines is 2. The average molecular weight is 981 g/mol. The van der Waals surface area contributed by atoms with Gasteiger partial charge in [-0.25, -0.2) is 4.39 Å². The van der Waals surface area contributed by atoms with Crippen molar-refractivity contribution >= 4 is 50.9 Å². The second-order valence-corrected chi connectivity index (χ2v) is 22.6. The number of phenolic OH excluding ortho intramolecular Hbond substituents is 1. The molecule has 2 aliphatic carbocycles. The summed E-state index contributed by atoms with van der Waals surface area (Å²) in [6.07, 6.45) is 13.4. The number of carbonyl (C=O) groups is 3. The molecule has 4 saturated heterocycles. The molecule has 7 heterocycles. The molecular weight excluding hydrogens is 916 g/mol. The molecule has 15 nitrogen and oxygen atoms in total. The van der Waals surface area contributed by atoms with Crippen LogP contribution in [0, 0.1) is 16.6 Å². The molecule has 5 aromatic rings. The quantitative estimate of drug-likeness (QED) is 0.105. The van der Waals surface area contributed by atoms with Crippen molar-refractivity contribution in [2.45, 2.75) is 128 Å². The van der Waals surface area contributed by atoms with Crippen molar-refractivity contribution in [3.05, 3.63) is 77.2 Å². The van der Waals surface area contributed by atoms with Crippen molar-refractivity contribution in [2.24, 2.45) is 10.8 Å². The Morgan fingerprint density at radius 1 is 0.889 bits per heavy atom. The van der Waals surface area contributed by atoms with Crippen LogP contribution in [0.5, 0.6) is 11.8 Å². The fraction of sp³-hybridized carbons (Fsp3) is 0.536. The lowest BCUT2D eigenvalue weighted by Gasteiger charge is -2.53. The van der Waals surface area contributed by atoms with Crippen LogP contribution in [-0.2, 0) is 27.3 Å². The van der Waals surface area contributed by atoms with Crippen LogP contribution in [0.2, 0.25) is 0 Å². The normalized spacial score (nSPS) is 24.5. The third-order valence-electron chi connectivity index (χ3n) is 17.3. The van der Waals surface area contributed by atoms with Crippen LogP contribution in [-0.4, -0.2) is 129 Å². The molecule has 12 rings (SSSR count). The minimum atomic E-state index is -0.931. The topological polar surface area (TPSA) is 174 Å². The SMILES string of the molecule is CCc1cccc2cc(O)cc(-c3ncc4c(N5CCC[C@@](C)(O)C5)nc(OCC5(CN6CCC(OC7CC8(CCN(c9ccc%10c(c9)CN(C9CCC(=O)NC9=O)C%10=O)CC8)C7)CC6)CC5)nc4c3F)c12. The number of nitrogens with zero attached hydrogens (tertiary/aromatic N) is 7. The summed E-state index contributed by atoms with van der Waals surface area (Å²) < 4.78 is 30.4. The molecule has 0 radical (unpaired) electrons. The van der Waals surface area contributed by atoms with E-state index in [1.54, 1.807) is 23.2 Å². The minimum absolute atomic E-state index is 0.0289. The lowest BCUT2D eigenvalue weighted by Crippen LogP contribution is -2.52. The Bertz CT molecular complexity index is 2970. The number of hydrogen-bond acceptors (Lipinski definition) is 13. The summed E-state index contributed by atoms with van der Waals surface area (Å²) in [5.41, 5.74) is 3.79. The first-order valence-corrected chi connectivity index (χ1v) is 26.4. The van der Waals surface area contributed by atoms with Crippen LogP contribution in [0.3, 0.4) is 0 Å². The number of benzene rings is 3. The van der Waals surface area contributed by atoms with Gasteiger partial charge < -0.3 is 39.3 Å². The van der Waals surface area contributed by atoms with Crippen molar-refractivity contribution in [3.8, 4) is 23.0 Å². The standard InChI is InChI=1S/C56H65FN8O7/c1-3-34-6-4-7-35-25-38(66)26-42(46(34)35)48-47(57)49-43(29-58-48)50(64-19-5-14-54(2,70)31-64)61-53(60-49)71-33-56(15-16-56)32-62-20-12-39(13-21-62)72-40-27-55(28-40)17-22-63(23-18-55)37-8-9-41-36(24-37)30-65(52(41)69)44-10-11-45(67)59-51(44)68/h4,6-9,24-26,29,39-40,44,66,70H,3,5,10-23,27-28,30-33H2,1-2H3,(H,59,67,68)/t44?,54-/m1/s1. The van der Waals surface area contributed by atoms with Crippen molar-refractivity contribution in [1.82, 2.24) is 30.1 Å². The number of aryl methyl sites for hydroxylation is 1. The number of likely N-dealkylation sites (tertiary alicyclic amines) is 1. The number of β-amino-alcohol motifs (C(OH)–C–C–N with tert-alkyl or cyclic N) is 1. The van der Waals surface area contributed by atoms with Gasteiger partial charge in [0.05, 0.1) is 29.8 Å². The summed E-state index contributed by atoms with van der Waals surface area (Å²) >= 11 is 0. The summed E-state index contributed by atoms with van der Waals surface area (Å²) in [4.78, 5) is 60.4. The maximum atomic E-state index is 17.1. The Labute approximate surface area is 419 Å². The van der Waals surface area contributed by atoms with Gasteiger partial charge in [0.2, 0.25) is 11.8 Å². The number of piperidine rings is 4. The highest BCUT2D eigenvalue weighted by Gasteiger charge is 2.49. The number of ether oxygens (including phenoxy) is 2. The number of aromatic nitrogens is 3. The number of imide groups is 1. The highest BCUT2D eigenvalue weighted by atomic mass is 19.1. The second-order valence-electron chi connectivity index (χ2n) is 22.6. The van der Waals surface area contributed by atoms with Gasteiger partial charge in [-0.2, -0.15) is 9.97 Å². The number of carbonyl (C=O) groups excluding carboxylic acids is 3. The zero-order valence-corrected chi connectivity index (χ0v) is 41.4. The number of rotatable bonds is 12. The first-order chi connectivity index (χ1) is 34.7. The maximum Gasteiger partial charge on any atom is 0.319 e. The number of amides is 3. The van der Waals surface area contributed by atoms with Crippen molar-refractivity contribution in [1.29, 1.82) is 0 Å². The monoisotopic (exact) mass is 980 g/mol. The van der Waals surface area contributed by atoms with E-state index in [2.05, 4.69) is 33.1 Å². The second kappa shape index (κ2) is 18.2. The van der Waals surface area contributed by atoms with Crippen LogP contribution in [0.15, 0.2) is 54.7 Å². The summed E-state index contributed by atoms with van der Waals surface area (Å²) in [6.45, 7) is 10.4. The van der Waals surface area contributed by atoms with Gasteiger partial charge in [0.15, 0.2) is 5.82 Å². The fourth-order valence-corrected chi connectivity index (χ4v) is 13.0. The Kier molecular flexibility index (Phi) is 11.9. The first kappa shape index (κ1) is 47.1. The van der Waals surface area contributed by atoms with Crippen LogP contribution in [0.1, 0.15) is 112 Å². The Morgan fingerprint density at radius 2 is 1.69 bits per heavy atom. The Hall–Kier alpha value is -5.97. The molecule has 0 bridgehead atoms. The van der Waals surface area contributed by atoms with Gasteiger partial charge in [-0.1, -0.05) is 25.1 Å². The highest BCUT2D eigenvalue weighted by Crippen LogP contribution is 2.52. The minimum Gasteiger partial charge on any atom is -0.508 e. The number of phenols is 1. The molecule has 72 heavy (non-hydrogen) atoms. The van der Waals surface area contributed by atoms with E-state index in [0.29, 0.717) is 72.9 Å². The number of pyridine rings is 1. The highest BCUT2D eigenvalue weighted by molar-refractivity contribution is 6.06. The molecular formula is C56H65FN8O7. The van der Waals surface area contributed by atoms with E-state index in [-0.39, 0.29) is 58.6 Å². The Morgan fingerprint density at radius 3 is 2.44 bits per heavy atom. The molecule has 2 aromatic heterocycles.